The van der Waals surface area contributed by atoms with E-state index in [4.69, 9.17) is 14.2 Å². The molecule has 0 radical (unpaired) electrons. The maximum atomic E-state index is 12.7. The second-order valence-corrected chi connectivity index (χ2v) is 10.5. The summed E-state index contributed by atoms with van der Waals surface area (Å²) in [4.78, 5) is 12.7. The zero-order valence-corrected chi connectivity index (χ0v) is 24.3. The minimum atomic E-state index is -2.50. The Morgan fingerprint density at radius 1 is 0.683 bits per heavy atom. The van der Waals surface area contributed by atoms with Gasteiger partial charge in [0.2, 0.25) is 0 Å². The molecule has 2 atom stereocenters. The summed E-state index contributed by atoms with van der Waals surface area (Å²) in [6.45, 7) is 3.80. The van der Waals surface area contributed by atoms with Gasteiger partial charge in [0.15, 0.2) is 0 Å². The van der Waals surface area contributed by atoms with Crippen LogP contribution in [-0.2, 0) is 27.3 Å². The number of rotatable bonds is 10. The Hall–Kier alpha value is -4.23. The molecular formula is C29H28N2O8S2. The number of aryl methyl sites for hydroxylation is 2. The van der Waals surface area contributed by atoms with Crippen LogP contribution in [0.5, 0.6) is 17.2 Å². The summed E-state index contributed by atoms with van der Waals surface area (Å²) in [5.41, 5.74) is 3.31. The van der Waals surface area contributed by atoms with E-state index >= 15 is 0 Å². The first-order valence-electron chi connectivity index (χ1n) is 12.2. The molecule has 0 aliphatic carbocycles. The van der Waals surface area contributed by atoms with Crippen LogP contribution in [-0.4, -0.2) is 37.7 Å². The van der Waals surface area contributed by atoms with E-state index in [0.717, 1.165) is 15.4 Å². The van der Waals surface area contributed by atoms with E-state index in [1.807, 2.05) is 26.0 Å². The molecule has 4 aromatic carbocycles. The van der Waals surface area contributed by atoms with Gasteiger partial charge in [-0.05, 0) is 68.4 Å². The largest absolute Gasteiger partial charge is 0.494 e. The average Bonchev–Trinajstić information content (AvgIpc) is 2.95. The standard InChI is InChI=1S/C29H28N2O8S2/c1-19-5-9-21(10-6-19)30(40(33)34)26-15-13-23(17-25(26)29(32)38-4)39-24-14-16-27(28(18-24)37-3)31(41(35)36)22-11-7-20(2)8-12-22/h5-18H,1-4H3,(H,33,34)(H,35,36). The van der Waals surface area contributed by atoms with Gasteiger partial charge in [0, 0.05) is 6.07 Å². The van der Waals surface area contributed by atoms with Gasteiger partial charge in [-0.25, -0.2) is 21.8 Å². The molecule has 0 saturated carbocycles. The van der Waals surface area contributed by atoms with Crippen LogP contribution >= 0.6 is 0 Å². The van der Waals surface area contributed by atoms with E-state index < -0.39 is 28.5 Å². The number of hydrogen-bond acceptors (Lipinski definition) is 6. The molecular weight excluding hydrogens is 568 g/mol. The lowest BCUT2D eigenvalue weighted by molar-refractivity contribution is 0.0601. The molecule has 0 heterocycles. The molecule has 12 heteroatoms. The third-order valence-electron chi connectivity index (χ3n) is 6.05. The fourth-order valence-corrected chi connectivity index (χ4v) is 5.29. The molecule has 0 fully saturated rings. The van der Waals surface area contributed by atoms with E-state index in [1.165, 1.54) is 42.8 Å². The molecule has 0 saturated heterocycles. The molecule has 41 heavy (non-hydrogen) atoms. The molecule has 2 unspecified atom stereocenters. The first-order valence-corrected chi connectivity index (χ1v) is 14.3. The van der Waals surface area contributed by atoms with Gasteiger partial charge in [0.25, 0.3) is 22.5 Å². The molecule has 0 amide bonds. The summed E-state index contributed by atoms with van der Waals surface area (Å²) < 4.78 is 63.5. The van der Waals surface area contributed by atoms with Crippen molar-refractivity contribution in [2.24, 2.45) is 0 Å². The highest BCUT2D eigenvalue weighted by atomic mass is 32.2. The van der Waals surface area contributed by atoms with Crippen molar-refractivity contribution in [3.63, 3.8) is 0 Å². The van der Waals surface area contributed by atoms with E-state index in [2.05, 4.69) is 0 Å². The quantitative estimate of drug-likeness (QED) is 0.158. The van der Waals surface area contributed by atoms with Crippen molar-refractivity contribution in [2.75, 3.05) is 22.8 Å². The third-order valence-corrected chi connectivity index (χ3v) is 7.49. The summed E-state index contributed by atoms with van der Waals surface area (Å²) in [6, 6.07) is 23.1. The van der Waals surface area contributed by atoms with Crippen molar-refractivity contribution >= 4 is 51.3 Å². The highest BCUT2D eigenvalue weighted by molar-refractivity contribution is 7.81. The van der Waals surface area contributed by atoms with E-state index in [9.17, 15) is 22.3 Å². The predicted octanol–water partition coefficient (Wildman–Crippen LogP) is 6.44. The number of methoxy groups -OCH3 is 2. The summed E-state index contributed by atoms with van der Waals surface area (Å²) in [5, 5.41) is 0. The lowest BCUT2D eigenvalue weighted by Crippen LogP contribution is -2.22. The van der Waals surface area contributed by atoms with Crippen LogP contribution < -0.4 is 18.1 Å². The van der Waals surface area contributed by atoms with Crippen molar-refractivity contribution < 1.29 is 36.5 Å². The van der Waals surface area contributed by atoms with Crippen LogP contribution in [0.1, 0.15) is 21.5 Å². The third kappa shape index (κ3) is 6.74. The number of hydrogen-bond donors (Lipinski definition) is 2. The normalized spacial score (nSPS) is 12.2. The number of carbonyl (C=O) groups is 1. The molecule has 10 nitrogen and oxygen atoms in total. The fraction of sp³-hybridized carbons (Fsp3) is 0.138. The van der Waals surface area contributed by atoms with Crippen LogP contribution in [0.3, 0.4) is 0 Å². The van der Waals surface area contributed by atoms with Gasteiger partial charge in [-0.3, -0.25) is 9.11 Å². The monoisotopic (exact) mass is 596 g/mol. The first-order chi connectivity index (χ1) is 19.6. The number of anilines is 4. The topological polar surface area (TPSA) is 126 Å². The molecule has 0 aliphatic rings. The molecule has 0 aliphatic heterocycles. The molecule has 4 rings (SSSR count). The smallest absolute Gasteiger partial charge is 0.340 e. The first kappa shape index (κ1) is 29.7. The number of carbonyl (C=O) groups excluding carboxylic acids is 1. The van der Waals surface area contributed by atoms with Crippen LogP contribution in [0.25, 0.3) is 0 Å². The fourth-order valence-electron chi connectivity index (χ4n) is 4.04. The van der Waals surface area contributed by atoms with Gasteiger partial charge >= 0.3 is 5.97 Å². The van der Waals surface area contributed by atoms with Crippen molar-refractivity contribution in [1.82, 2.24) is 0 Å². The van der Waals surface area contributed by atoms with Gasteiger partial charge in [-0.1, -0.05) is 35.4 Å². The lowest BCUT2D eigenvalue weighted by Gasteiger charge is -2.23. The van der Waals surface area contributed by atoms with Gasteiger partial charge in [0.1, 0.15) is 17.2 Å². The van der Waals surface area contributed by atoms with Crippen molar-refractivity contribution in [3.8, 4) is 17.2 Å². The van der Waals surface area contributed by atoms with Crippen LogP contribution in [0.2, 0.25) is 0 Å². The van der Waals surface area contributed by atoms with E-state index in [1.54, 1.807) is 48.5 Å². The number of nitrogens with zero attached hydrogens (tertiary/aromatic N) is 2. The Bertz CT molecular complexity index is 1590. The Morgan fingerprint density at radius 2 is 1.15 bits per heavy atom. The molecule has 0 aromatic heterocycles. The van der Waals surface area contributed by atoms with Gasteiger partial charge in [-0.15, -0.1) is 0 Å². The second-order valence-electron chi connectivity index (χ2n) is 8.83. The molecule has 4 aromatic rings. The molecule has 0 bridgehead atoms. The maximum Gasteiger partial charge on any atom is 0.340 e. The SMILES string of the molecule is COC(=O)c1cc(Oc2ccc(N(c3ccc(C)cc3)S(=O)O)c(OC)c2)ccc1N(c1ccc(C)cc1)S(=O)O. The Kier molecular flexibility index (Phi) is 9.40. The zero-order valence-electron chi connectivity index (χ0n) is 22.6. The Morgan fingerprint density at radius 3 is 1.61 bits per heavy atom. The van der Waals surface area contributed by atoms with Gasteiger partial charge in [0.05, 0.1) is 42.5 Å². The van der Waals surface area contributed by atoms with E-state index in [0.29, 0.717) is 22.8 Å². The van der Waals surface area contributed by atoms with Crippen LogP contribution in [0.4, 0.5) is 22.7 Å². The van der Waals surface area contributed by atoms with Gasteiger partial charge in [-0.2, -0.15) is 0 Å². The summed E-state index contributed by atoms with van der Waals surface area (Å²) in [7, 11) is 2.63. The number of ether oxygens (including phenoxy) is 3. The number of esters is 1. The number of benzene rings is 4. The summed E-state index contributed by atoms with van der Waals surface area (Å²) in [6.07, 6.45) is 0. The minimum absolute atomic E-state index is 0.00205. The summed E-state index contributed by atoms with van der Waals surface area (Å²) >= 11 is -4.89. The predicted molar refractivity (Wildman–Crippen MR) is 159 cm³/mol. The summed E-state index contributed by atoms with van der Waals surface area (Å²) in [5.74, 6) is 0.0668. The highest BCUT2D eigenvalue weighted by Gasteiger charge is 2.24. The maximum absolute atomic E-state index is 12.7. The van der Waals surface area contributed by atoms with Crippen LogP contribution in [0.15, 0.2) is 84.9 Å². The van der Waals surface area contributed by atoms with Crippen molar-refractivity contribution in [3.05, 3.63) is 102 Å². The zero-order chi connectivity index (χ0) is 29.7. The molecule has 2 N–H and O–H groups in total. The average molecular weight is 597 g/mol. The highest BCUT2D eigenvalue weighted by Crippen LogP contribution is 2.39. The molecule has 0 spiro atoms. The van der Waals surface area contributed by atoms with Crippen molar-refractivity contribution in [1.29, 1.82) is 0 Å². The van der Waals surface area contributed by atoms with Crippen LogP contribution in [0, 0.1) is 13.8 Å². The van der Waals surface area contributed by atoms with E-state index in [-0.39, 0.29) is 22.7 Å². The Labute approximate surface area is 242 Å². The Balaban J connectivity index is 1.70. The van der Waals surface area contributed by atoms with Gasteiger partial charge < -0.3 is 14.2 Å². The molecule has 214 valence electrons. The lowest BCUT2D eigenvalue weighted by atomic mass is 10.1. The second kappa shape index (κ2) is 13.0. The van der Waals surface area contributed by atoms with Crippen molar-refractivity contribution in [2.45, 2.75) is 13.8 Å². The minimum Gasteiger partial charge on any atom is -0.494 e.